The average molecular weight is 158 g/mol. The Bertz CT molecular complexity index is 403. The molecule has 1 radical (unpaired) electrons. The lowest BCUT2D eigenvalue weighted by molar-refractivity contribution is 0.839. The van der Waals surface area contributed by atoms with E-state index in [-0.39, 0.29) is 0 Å². The van der Waals surface area contributed by atoms with E-state index >= 15 is 0 Å². The Morgan fingerprint density at radius 3 is 3.33 bits per heavy atom. The summed E-state index contributed by atoms with van der Waals surface area (Å²) in [5, 5.41) is 0. The van der Waals surface area contributed by atoms with Crippen LogP contribution in [0.1, 0.15) is 0 Å². The number of imidazole rings is 1. The highest BCUT2D eigenvalue weighted by molar-refractivity contribution is 5.69. The minimum atomic E-state index is 0.737. The molecule has 0 aliphatic heterocycles. The maximum Gasteiger partial charge on any atom is 0.160 e. The van der Waals surface area contributed by atoms with Gasteiger partial charge in [-0.1, -0.05) is 6.08 Å². The molecule has 0 aliphatic rings. The Kier molecular flexibility index (Phi) is 1.63. The van der Waals surface area contributed by atoms with Gasteiger partial charge in [-0.15, -0.1) is 6.58 Å². The predicted octanol–water partition coefficient (Wildman–Crippen LogP) is 1.42. The topological polar surface area (TPSA) is 30.7 Å². The Labute approximate surface area is 70.4 Å². The van der Waals surface area contributed by atoms with Crippen molar-refractivity contribution in [3.05, 3.63) is 37.3 Å². The summed E-state index contributed by atoms with van der Waals surface area (Å²) >= 11 is 0. The summed E-state index contributed by atoms with van der Waals surface area (Å²) in [6.45, 7) is 4.39. The molecule has 59 valence electrons. The first-order chi connectivity index (χ1) is 5.92. The van der Waals surface area contributed by atoms with Crippen molar-refractivity contribution in [2.75, 3.05) is 0 Å². The van der Waals surface area contributed by atoms with Gasteiger partial charge in [-0.3, -0.25) is 0 Å². The molecule has 2 aromatic heterocycles. The second-order valence-corrected chi connectivity index (χ2v) is 2.45. The number of nitrogens with zero attached hydrogens (tertiary/aromatic N) is 3. The highest BCUT2D eigenvalue weighted by Gasteiger charge is 1.99. The van der Waals surface area contributed by atoms with Gasteiger partial charge in [-0.25, -0.2) is 9.97 Å². The average Bonchev–Trinajstić information content (AvgIpc) is 2.50. The fraction of sp³-hybridized carbons (Fsp3) is 0.111. The molecule has 0 aromatic carbocycles. The van der Waals surface area contributed by atoms with Crippen molar-refractivity contribution in [3.8, 4) is 0 Å². The van der Waals surface area contributed by atoms with E-state index < -0.39 is 0 Å². The van der Waals surface area contributed by atoms with Gasteiger partial charge in [0.1, 0.15) is 5.52 Å². The molecular formula is C9H8N3. The number of aromatic nitrogens is 3. The molecule has 3 heteroatoms. The van der Waals surface area contributed by atoms with E-state index in [4.69, 9.17) is 0 Å². The first-order valence-electron chi connectivity index (χ1n) is 3.70. The van der Waals surface area contributed by atoms with Crippen LogP contribution in [-0.2, 0) is 6.54 Å². The van der Waals surface area contributed by atoms with Gasteiger partial charge in [0.15, 0.2) is 5.65 Å². The third-order valence-electron chi connectivity index (χ3n) is 1.63. The number of fused-ring (bicyclic) bond motifs is 1. The first kappa shape index (κ1) is 7.03. The van der Waals surface area contributed by atoms with Crippen LogP contribution in [0.4, 0.5) is 0 Å². The maximum absolute atomic E-state index is 4.18. The summed E-state index contributed by atoms with van der Waals surface area (Å²) in [6, 6.07) is 4.76. The van der Waals surface area contributed by atoms with Crippen LogP contribution in [0.25, 0.3) is 11.2 Å². The summed E-state index contributed by atoms with van der Waals surface area (Å²) in [6.07, 6.45) is 5.27. The van der Waals surface area contributed by atoms with Crippen molar-refractivity contribution in [2.24, 2.45) is 0 Å². The van der Waals surface area contributed by atoms with Gasteiger partial charge in [0.05, 0.1) is 6.33 Å². The molecule has 0 unspecified atom stereocenters. The monoisotopic (exact) mass is 158 g/mol. The van der Waals surface area contributed by atoms with Crippen molar-refractivity contribution < 1.29 is 0 Å². The van der Waals surface area contributed by atoms with Gasteiger partial charge < -0.3 is 4.57 Å². The normalized spacial score (nSPS) is 10.3. The largest absolute Gasteiger partial charge is 0.311 e. The van der Waals surface area contributed by atoms with Gasteiger partial charge in [0.25, 0.3) is 0 Å². The van der Waals surface area contributed by atoms with Crippen molar-refractivity contribution >= 4 is 11.2 Å². The van der Waals surface area contributed by atoms with Crippen molar-refractivity contribution in [1.29, 1.82) is 0 Å². The van der Waals surface area contributed by atoms with E-state index in [0.29, 0.717) is 0 Å². The highest BCUT2D eigenvalue weighted by Crippen LogP contribution is 2.07. The third-order valence-corrected chi connectivity index (χ3v) is 1.63. The standard InChI is InChI=1S/C9H8N3/c1-2-6-12-7-11-8-4-3-5-10-9(8)12/h2-3,5,7H,1,6H2. The number of pyridine rings is 1. The molecule has 3 nitrogen and oxygen atoms in total. The van der Waals surface area contributed by atoms with Gasteiger partial charge >= 0.3 is 0 Å². The van der Waals surface area contributed by atoms with Crippen molar-refractivity contribution in [3.63, 3.8) is 0 Å². The van der Waals surface area contributed by atoms with Crippen LogP contribution in [0.15, 0.2) is 31.2 Å². The molecule has 0 spiro atoms. The van der Waals surface area contributed by atoms with Crippen LogP contribution in [-0.4, -0.2) is 14.5 Å². The van der Waals surface area contributed by atoms with E-state index in [2.05, 4.69) is 22.6 Å². The van der Waals surface area contributed by atoms with Crippen molar-refractivity contribution in [1.82, 2.24) is 14.5 Å². The smallest absolute Gasteiger partial charge is 0.160 e. The lowest BCUT2D eigenvalue weighted by atomic mass is 10.4. The zero-order valence-electron chi connectivity index (χ0n) is 6.57. The Balaban J connectivity index is 2.62. The molecule has 0 saturated carbocycles. The molecule has 0 saturated heterocycles. The lowest BCUT2D eigenvalue weighted by Crippen LogP contribution is -1.93. The van der Waals surface area contributed by atoms with E-state index in [1.165, 1.54) is 0 Å². The zero-order valence-corrected chi connectivity index (χ0v) is 6.57. The summed E-state index contributed by atoms with van der Waals surface area (Å²) in [7, 11) is 0. The molecule has 0 fully saturated rings. The van der Waals surface area contributed by atoms with Gasteiger partial charge in [-0.2, -0.15) is 0 Å². The van der Waals surface area contributed by atoms with E-state index in [0.717, 1.165) is 17.7 Å². The Hall–Kier alpha value is -1.64. The van der Waals surface area contributed by atoms with Crippen LogP contribution in [0.2, 0.25) is 0 Å². The quantitative estimate of drug-likeness (QED) is 0.619. The molecule has 2 rings (SSSR count). The molecular weight excluding hydrogens is 150 g/mol. The second-order valence-electron chi connectivity index (χ2n) is 2.45. The molecule has 12 heavy (non-hydrogen) atoms. The summed E-state index contributed by atoms with van der Waals surface area (Å²) in [4.78, 5) is 8.32. The van der Waals surface area contributed by atoms with E-state index in [1.807, 2.05) is 10.6 Å². The SMILES string of the molecule is C=CCn1cnc2[c]ccnc21. The number of rotatable bonds is 2. The van der Waals surface area contributed by atoms with E-state index in [9.17, 15) is 0 Å². The summed E-state index contributed by atoms with van der Waals surface area (Å²) in [5.74, 6) is 0. The number of hydrogen-bond donors (Lipinski definition) is 0. The predicted molar refractivity (Wildman–Crippen MR) is 46.6 cm³/mol. The van der Waals surface area contributed by atoms with Crippen LogP contribution in [0.3, 0.4) is 0 Å². The van der Waals surface area contributed by atoms with Gasteiger partial charge in [0, 0.05) is 18.8 Å². The molecule has 0 aliphatic carbocycles. The molecule has 0 bridgehead atoms. The molecule has 0 N–H and O–H groups in total. The first-order valence-corrected chi connectivity index (χ1v) is 3.70. The number of allylic oxidation sites excluding steroid dienone is 1. The third kappa shape index (κ3) is 0.993. The molecule has 0 amide bonds. The summed E-state index contributed by atoms with van der Waals surface area (Å²) < 4.78 is 1.93. The Morgan fingerprint density at radius 2 is 2.50 bits per heavy atom. The van der Waals surface area contributed by atoms with Crippen LogP contribution in [0, 0.1) is 6.07 Å². The minimum absolute atomic E-state index is 0.737. The molecule has 2 heterocycles. The van der Waals surface area contributed by atoms with Crippen LogP contribution >= 0.6 is 0 Å². The Morgan fingerprint density at radius 1 is 1.58 bits per heavy atom. The van der Waals surface area contributed by atoms with Gasteiger partial charge in [0.2, 0.25) is 0 Å². The highest BCUT2D eigenvalue weighted by atomic mass is 15.1. The minimum Gasteiger partial charge on any atom is -0.311 e. The van der Waals surface area contributed by atoms with Crippen molar-refractivity contribution in [2.45, 2.75) is 6.54 Å². The fourth-order valence-corrected chi connectivity index (χ4v) is 1.11. The van der Waals surface area contributed by atoms with Crippen LogP contribution in [0.5, 0.6) is 0 Å². The molecule has 0 atom stereocenters. The van der Waals surface area contributed by atoms with Crippen LogP contribution < -0.4 is 0 Å². The lowest BCUT2D eigenvalue weighted by Gasteiger charge is -1.95. The maximum atomic E-state index is 4.18. The van der Waals surface area contributed by atoms with E-state index in [1.54, 1.807) is 18.6 Å². The number of hydrogen-bond acceptors (Lipinski definition) is 2. The van der Waals surface area contributed by atoms with Gasteiger partial charge in [-0.05, 0) is 6.07 Å². The summed E-state index contributed by atoms with van der Waals surface area (Å²) in [5.41, 5.74) is 1.66. The molecule has 2 aromatic rings. The fourth-order valence-electron chi connectivity index (χ4n) is 1.11. The zero-order chi connectivity index (χ0) is 8.39. The second kappa shape index (κ2) is 2.77.